The van der Waals surface area contributed by atoms with Crippen LogP contribution in [0.2, 0.25) is 0 Å². The standard InChI is InChI=1S/C10H12BNO/c1-13-8-11-7-6-9-4-2-3-5-10(9)12-11/h2-7,12H,8H2,1H3. The van der Waals surface area contributed by atoms with E-state index in [1.165, 1.54) is 11.3 Å². The first-order chi connectivity index (χ1) is 6.40. The second kappa shape index (κ2) is 3.67. The van der Waals surface area contributed by atoms with E-state index in [9.17, 15) is 0 Å². The van der Waals surface area contributed by atoms with Crippen molar-refractivity contribution in [2.24, 2.45) is 0 Å². The molecular weight excluding hydrogens is 161 g/mol. The second-order valence-corrected chi connectivity index (χ2v) is 3.15. The Balaban J connectivity index is 2.19. The maximum atomic E-state index is 5.08. The van der Waals surface area contributed by atoms with Gasteiger partial charge in [0.2, 0.25) is 0 Å². The van der Waals surface area contributed by atoms with Crippen LogP contribution in [0.4, 0.5) is 5.69 Å². The number of methoxy groups -OCH3 is 1. The fraction of sp³-hybridized carbons (Fsp3) is 0.200. The summed E-state index contributed by atoms with van der Waals surface area (Å²) in [6.07, 6.45) is 2.13. The maximum absolute atomic E-state index is 5.08. The van der Waals surface area contributed by atoms with E-state index in [1.54, 1.807) is 7.11 Å². The molecule has 3 heteroatoms. The fourth-order valence-corrected chi connectivity index (χ4v) is 1.52. The highest BCUT2D eigenvalue weighted by Crippen LogP contribution is 2.20. The van der Waals surface area contributed by atoms with Crippen LogP contribution < -0.4 is 5.23 Å². The third kappa shape index (κ3) is 1.75. The lowest BCUT2D eigenvalue weighted by Gasteiger charge is -2.18. The summed E-state index contributed by atoms with van der Waals surface area (Å²) in [6.45, 7) is 1.02. The van der Waals surface area contributed by atoms with Crippen molar-refractivity contribution in [3.8, 4) is 0 Å². The van der Waals surface area contributed by atoms with E-state index >= 15 is 0 Å². The van der Waals surface area contributed by atoms with Gasteiger partial charge in [-0.05, 0) is 11.6 Å². The van der Waals surface area contributed by atoms with Crippen molar-refractivity contribution in [1.82, 2.24) is 0 Å². The Morgan fingerprint density at radius 1 is 1.38 bits per heavy atom. The van der Waals surface area contributed by atoms with Crippen molar-refractivity contribution in [1.29, 1.82) is 0 Å². The Hall–Kier alpha value is -1.22. The Bertz CT molecular complexity index is 324. The average molecular weight is 173 g/mol. The molecule has 0 saturated carbocycles. The second-order valence-electron chi connectivity index (χ2n) is 3.15. The van der Waals surface area contributed by atoms with Gasteiger partial charge >= 0.3 is 6.85 Å². The van der Waals surface area contributed by atoms with Gasteiger partial charge < -0.3 is 9.96 Å². The van der Waals surface area contributed by atoms with Gasteiger partial charge in [0, 0.05) is 12.8 Å². The third-order valence-corrected chi connectivity index (χ3v) is 2.16. The van der Waals surface area contributed by atoms with Gasteiger partial charge in [-0.25, -0.2) is 0 Å². The maximum Gasteiger partial charge on any atom is 0.305 e. The smallest absolute Gasteiger partial charge is 0.305 e. The van der Waals surface area contributed by atoms with Gasteiger partial charge in [0.05, 0.1) is 6.51 Å². The van der Waals surface area contributed by atoms with Gasteiger partial charge in [-0.3, -0.25) is 0 Å². The number of nitrogens with one attached hydrogen (secondary N) is 1. The number of rotatable bonds is 2. The molecule has 0 spiro atoms. The first kappa shape index (κ1) is 8.39. The quantitative estimate of drug-likeness (QED) is 0.689. The molecular formula is C10H12BNO. The SMILES string of the molecule is COCB1C=Cc2ccccc2N1. The van der Waals surface area contributed by atoms with Crippen LogP contribution in [0.5, 0.6) is 0 Å². The van der Waals surface area contributed by atoms with Crippen LogP contribution in [0, 0.1) is 0 Å². The highest BCUT2D eigenvalue weighted by atomic mass is 16.5. The summed E-state index contributed by atoms with van der Waals surface area (Å²) in [6, 6.07) is 8.26. The fourth-order valence-electron chi connectivity index (χ4n) is 1.52. The zero-order chi connectivity index (χ0) is 9.10. The molecule has 2 nitrogen and oxygen atoms in total. The molecule has 0 bridgehead atoms. The van der Waals surface area contributed by atoms with E-state index in [2.05, 4.69) is 29.4 Å². The molecule has 1 heterocycles. The van der Waals surface area contributed by atoms with Crippen LogP contribution in [0.3, 0.4) is 0 Å². The van der Waals surface area contributed by atoms with E-state index < -0.39 is 0 Å². The van der Waals surface area contributed by atoms with Crippen molar-refractivity contribution in [3.63, 3.8) is 0 Å². The van der Waals surface area contributed by atoms with Crippen LogP contribution in [0.25, 0.3) is 6.08 Å². The van der Waals surface area contributed by atoms with Crippen LogP contribution in [0.1, 0.15) is 5.56 Å². The summed E-state index contributed by atoms with van der Waals surface area (Å²) in [5.41, 5.74) is 2.43. The van der Waals surface area contributed by atoms with Gasteiger partial charge in [-0.2, -0.15) is 0 Å². The van der Waals surface area contributed by atoms with E-state index in [0.717, 1.165) is 0 Å². The van der Waals surface area contributed by atoms with Crippen molar-refractivity contribution < 1.29 is 4.74 Å². The van der Waals surface area contributed by atoms with Crippen LogP contribution in [-0.4, -0.2) is 20.5 Å². The van der Waals surface area contributed by atoms with Crippen LogP contribution in [0.15, 0.2) is 30.2 Å². The number of ether oxygens (including phenoxy) is 1. The first-order valence-electron chi connectivity index (χ1n) is 4.43. The van der Waals surface area contributed by atoms with Crippen molar-refractivity contribution in [3.05, 3.63) is 35.8 Å². The number of hydrogen-bond acceptors (Lipinski definition) is 2. The lowest BCUT2D eigenvalue weighted by atomic mass is 9.61. The van der Waals surface area contributed by atoms with Gasteiger partial charge in [0.15, 0.2) is 0 Å². The molecule has 2 rings (SSSR count). The Labute approximate surface area is 78.7 Å². The molecule has 0 radical (unpaired) electrons. The van der Waals surface area contributed by atoms with Gasteiger partial charge in [0.25, 0.3) is 0 Å². The molecule has 0 fully saturated rings. The monoisotopic (exact) mass is 173 g/mol. The van der Waals surface area contributed by atoms with E-state index in [0.29, 0.717) is 13.4 Å². The molecule has 0 atom stereocenters. The highest BCUT2D eigenvalue weighted by Gasteiger charge is 2.15. The first-order valence-corrected chi connectivity index (χ1v) is 4.43. The zero-order valence-electron chi connectivity index (χ0n) is 7.66. The number of fused-ring (bicyclic) bond motifs is 1. The average Bonchev–Trinajstić information content (AvgIpc) is 2.18. The van der Waals surface area contributed by atoms with Gasteiger partial charge in [0.1, 0.15) is 0 Å². The molecule has 1 aliphatic heterocycles. The number of hydrogen-bond donors (Lipinski definition) is 1. The van der Waals surface area contributed by atoms with Crippen LogP contribution >= 0.6 is 0 Å². The normalized spacial score (nSPS) is 13.8. The predicted octanol–water partition coefficient (Wildman–Crippen LogP) is 1.84. The minimum Gasteiger partial charge on any atom is -0.422 e. The summed E-state index contributed by atoms with van der Waals surface area (Å²) in [5.74, 6) is 2.13. The van der Waals surface area contributed by atoms with Gasteiger partial charge in [-0.1, -0.05) is 30.3 Å². The topological polar surface area (TPSA) is 21.3 Å². The predicted molar refractivity (Wildman–Crippen MR) is 56.7 cm³/mol. The third-order valence-electron chi connectivity index (χ3n) is 2.16. The van der Waals surface area contributed by atoms with Crippen LogP contribution in [-0.2, 0) is 4.74 Å². The highest BCUT2D eigenvalue weighted by molar-refractivity contribution is 6.69. The van der Waals surface area contributed by atoms with Crippen molar-refractivity contribution in [2.75, 3.05) is 18.8 Å². The number of benzene rings is 1. The largest absolute Gasteiger partial charge is 0.422 e. The Morgan fingerprint density at radius 2 is 2.23 bits per heavy atom. The van der Waals surface area contributed by atoms with Crippen molar-refractivity contribution in [2.45, 2.75) is 0 Å². The molecule has 1 N–H and O–H groups in total. The minimum atomic E-state index is 0.305. The molecule has 1 aliphatic rings. The van der Waals surface area contributed by atoms with Crippen molar-refractivity contribution >= 4 is 18.6 Å². The summed E-state index contributed by atoms with van der Waals surface area (Å²) in [4.78, 5) is 0. The molecule has 0 aliphatic carbocycles. The summed E-state index contributed by atoms with van der Waals surface area (Å²) in [7, 11) is 1.72. The molecule has 0 amide bonds. The molecule has 0 aromatic heterocycles. The molecule has 1 aromatic rings. The van der Waals surface area contributed by atoms with E-state index in [4.69, 9.17) is 4.74 Å². The number of para-hydroxylation sites is 1. The molecule has 0 unspecified atom stereocenters. The lowest BCUT2D eigenvalue weighted by molar-refractivity contribution is 0.250. The molecule has 1 aromatic carbocycles. The summed E-state index contributed by atoms with van der Waals surface area (Å²) in [5, 5.41) is 3.39. The lowest BCUT2D eigenvalue weighted by Crippen LogP contribution is -2.30. The Kier molecular flexibility index (Phi) is 2.36. The van der Waals surface area contributed by atoms with E-state index in [1.807, 2.05) is 12.1 Å². The molecule has 13 heavy (non-hydrogen) atoms. The number of anilines is 1. The van der Waals surface area contributed by atoms with Gasteiger partial charge in [-0.15, -0.1) is 0 Å². The Morgan fingerprint density at radius 3 is 3.08 bits per heavy atom. The summed E-state index contributed by atoms with van der Waals surface area (Å²) >= 11 is 0. The molecule has 0 saturated heterocycles. The van der Waals surface area contributed by atoms with E-state index in [-0.39, 0.29) is 0 Å². The minimum absolute atomic E-state index is 0.305. The summed E-state index contributed by atoms with van der Waals surface area (Å²) < 4.78 is 5.08. The molecule has 66 valence electrons. The zero-order valence-corrected chi connectivity index (χ0v) is 7.66.